The van der Waals surface area contributed by atoms with Gasteiger partial charge >= 0.3 is 0 Å². The highest BCUT2D eigenvalue weighted by atomic mass is 16.4. The van der Waals surface area contributed by atoms with E-state index < -0.39 is 24.4 Å². The summed E-state index contributed by atoms with van der Waals surface area (Å²) < 4.78 is 0. The van der Waals surface area contributed by atoms with E-state index in [2.05, 4.69) is 5.32 Å². The fourth-order valence-corrected chi connectivity index (χ4v) is 2.44. The number of rotatable bonds is 4. The molecule has 116 valence electrons. The number of nitrogens with one attached hydrogen (secondary N) is 1. The fourth-order valence-electron chi connectivity index (χ4n) is 2.44. The monoisotopic (exact) mass is 295 g/mol. The molecule has 1 aromatic carbocycles. The highest BCUT2D eigenvalue weighted by Gasteiger charge is 2.36. The first-order chi connectivity index (χ1) is 9.93. The summed E-state index contributed by atoms with van der Waals surface area (Å²) in [5, 5.41) is 51.1. The third kappa shape index (κ3) is 3.42. The predicted molar refractivity (Wildman–Crippen MR) is 76.7 cm³/mol. The lowest BCUT2D eigenvalue weighted by Crippen LogP contribution is -2.53. The highest BCUT2D eigenvalue weighted by molar-refractivity contribution is 5.35. The van der Waals surface area contributed by atoms with Crippen molar-refractivity contribution in [3.8, 4) is 5.75 Å². The van der Waals surface area contributed by atoms with E-state index in [1.807, 2.05) is 6.07 Å². The normalized spacial score (nSPS) is 29.3. The Morgan fingerprint density at radius 2 is 1.86 bits per heavy atom. The molecular weight excluding hydrogens is 274 g/mol. The van der Waals surface area contributed by atoms with Gasteiger partial charge in [0.1, 0.15) is 24.1 Å². The molecule has 0 aliphatic heterocycles. The Morgan fingerprint density at radius 1 is 1.14 bits per heavy atom. The van der Waals surface area contributed by atoms with Crippen LogP contribution in [-0.2, 0) is 6.54 Å². The number of hydrogen-bond donors (Lipinski definition) is 6. The predicted octanol–water partition coefficient (Wildman–Crippen LogP) is -0.826. The van der Waals surface area contributed by atoms with Gasteiger partial charge in [-0.2, -0.15) is 0 Å². The van der Waals surface area contributed by atoms with Crippen molar-refractivity contribution in [2.45, 2.75) is 37.8 Å². The Hall–Kier alpha value is -1.44. The minimum Gasteiger partial charge on any atom is -0.508 e. The topological polar surface area (TPSA) is 113 Å². The van der Waals surface area contributed by atoms with E-state index in [1.54, 1.807) is 19.1 Å². The summed E-state index contributed by atoms with van der Waals surface area (Å²) in [7, 11) is 0. The molecule has 0 saturated carbocycles. The molecule has 0 radical (unpaired) electrons. The zero-order valence-corrected chi connectivity index (χ0v) is 11.8. The molecule has 4 atom stereocenters. The maximum Gasteiger partial charge on any atom is 0.118 e. The maximum atomic E-state index is 9.96. The van der Waals surface area contributed by atoms with Crippen LogP contribution in [0.25, 0.3) is 0 Å². The van der Waals surface area contributed by atoms with Gasteiger partial charge < -0.3 is 30.8 Å². The molecule has 21 heavy (non-hydrogen) atoms. The minimum absolute atomic E-state index is 0.220. The number of phenols is 1. The third-order valence-electron chi connectivity index (χ3n) is 3.80. The Kier molecular flexibility index (Phi) is 4.97. The van der Waals surface area contributed by atoms with Crippen molar-refractivity contribution in [3.63, 3.8) is 0 Å². The SMILES string of the molecule is Cc1cc(CN[C@H]2C=C(CO)[C@@H](O)C(O)[C@H]2O)ccc1O. The molecule has 0 heterocycles. The molecule has 1 aromatic rings. The number of benzene rings is 1. The van der Waals surface area contributed by atoms with E-state index in [4.69, 9.17) is 5.11 Å². The number of aliphatic hydroxyl groups is 4. The molecule has 1 aliphatic rings. The van der Waals surface area contributed by atoms with E-state index in [0.29, 0.717) is 6.54 Å². The number of hydrogen-bond acceptors (Lipinski definition) is 6. The van der Waals surface area contributed by atoms with Crippen LogP contribution in [0.15, 0.2) is 29.8 Å². The summed E-state index contributed by atoms with van der Waals surface area (Å²) in [5.41, 5.74) is 1.95. The van der Waals surface area contributed by atoms with E-state index >= 15 is 0 Å². The van der Waals surface area contributed by atoms with E-state index in [0.717, 1.165) is 11.1 Å². The molecule has 1 aliphatic carbocycles. The van der Waals surface area contributed by atoms with Crippen molar-refractivity contribution in [1.29, 1.82) is 0 Å². The second-order valence-corrected chi connectivity index (χ2v) is 5.35. The summed E-state index contributed by atoms with van der Waals surface area (Å²) in [6, 6.07) is 4.60. The van der Waals surface area contributed by atoms with Crippen molar-refractivity contribution in [2.24, 2.45) is 0 Å². The highest BCUT2D eigenvalue weighted by Crippen LogP contribution is 2.21. The first-order valence-corrected chi connectivity index (χ1v) is 6.81. The second kappa shape index (κ2) is 6.55. The molecule has 0 aromatic heterocycles. The smallest absolute Gasteiger partial charge is 0.118 e. The third-order valence-corrected chi connectivity index (χ3v) is 3.80. The van der Waals surface area contributed by atoms with Crippen molar-refractivity contribution >= 4 is 0 Å². The van der Waals surface area contributed by atoms with E-state index in [1.165, 1.54) is 6.08 Å². The van der Waals surface area contributed by atoms with Gasteiger partial charge in [-0.15, -0.1) is 0 Å². The Labute approximate surface area is 123 Å². The summed E-state index contributed by atoms with van der Waals surface area (Å²) >= 11 is 0. The molecule has 6 heteroatoms. The van der Waals surface area contributed by atoms with Crippen LogP contribution in [0.5, 0.6) is 5.75 Å². The van der Waals surface area contributed by atoms with Crippen molar-refractivity contribution in [2.75, 3.05) is 6.61 Å². The van der Waals surface area contributed by atoms with Crippen molar-refractivity contribution < 1.29 is 25.5 Å². The molecule has 0 bridgehead atoms. The van der Waals surface area contributed by atoms with Gasteiger partial charge in [0.15, 0.2) is 0 Å². The molecule has 0 amide bonds. The van der Waals surface area contributed by atoms with Gasteiger partial charge in [0.25, 0.3) is 0 Å². The zero-order valence-electron chi connectivity index (χ0n) is 11.8. The molecule has 6 nitrogen and oxygen atoms in total. The van der Waals surface area contributed by atoms with Gasteiger partial charge in [0.2, 0.25) is 0 Å². The van der Waals surface area contributed by atoms with Crippen LogP contribution in [0, 0.1) is 6.92 Å². The van der Waals surface area contributed by atoms with Gasteiger partial charge in [-0.25, -0.2) is 0 Å². The lowest BCUT2D eigenvalue weighted by Gasteiger charge is -2.34. The molecule has 0 fully saturated rings. The number of aromatic hydroxyl groups is 1. The van der Waals surface area contributed by atoms with Crippen molar-refractivity contribution in [1.82, 2.24) is 5.32 Å². The summed E-state index contributed by atoms with van der Waals surface area (Å²) in [6.07, 6.45) is -2.21. The number of aryl methyl sites for hydroxylation is 1. The van der Waals surface area contributed by atoms with Crippen LogP contribution in [0.3, 0.4) is 0 Å². The standard InChI is InChI=1S/C15H21NO5/c1-8-4-9(2-3-12(8)18)6-16-11-5-10(7-17)13(19)15(21)14(11)20/h2-5,11,13-21H,6-7H2,1H3/t11-,13+,14-,15?/m0/s1. The van der Waals surface area contributed by atoms with E-state index in [9.17, 15) is 20.4 Å². The Balaban J connectivity index is 2.07. The molecule has 2 rings (SSSR count). The lowest BCUT2D eigenvalue weighted by molar-refractivity contribution is -0.0643. The summed E-state index contributed by atoms with van der Waals surface area (Å²) in [5.74, 6) is 0.220. The summed E-state index contributed by atoms with van der Waals surface area (Å²) in [6.45, 7) is 1.83. The molecule has 0 saturated heterocycles. The zero-order chi connectivity index (χ0) is 15.6. The Bertz CT molecular complexity index is 531. The Morgan fingerprint density at radius 3 is 2.48 bits per heavy atom. The molecule has 1 unspecified atom stereocenters. The van der Waals surface area contributed by atoms with Crippen molar-refractivity contribution in [3.05, 3.63) is 41.0 Å². The summed E-state index contributed by atoms with van der Waals surface area (Å²) in [4.78, 5) is 0. The van der Waals surface area contributed by atoms with Crippen LogP contribution < -0.4 is 5.32 Å². The first-order valence-electron chi connectivity index (χ1n) is 6.81. The largest absolute Gasteiger partial charge is 0.508 e. The molecule has 6 N–H and O–H groups in total. The first kappa shape index (κ1) is 15.9. The van der Waals surface area contributed by atoms with E-state index in [-0.39, 0.29) is 17.9 Å². The number of phenolic OH excluding ortho intramolecular Hbond substituents is 1. The lowest BCUT2D eigenvalue weighted by atomic mass is 9.88. The van der Waals surface area contributed by atoms with Gasteiger partial charge in [-0.05, 0) is 29.7 Å². The average Bonchev–Trinajstić information content (AvgIpc) is 2.47. The van der Waals surface area contributed by atoms with Crippen LogP contribution in [-0.4, -0.2) is 56.5 Å². The molecular formula is C15H21NO5. The van der Waals surface area contributed by atoms with Crippen LogP contribution >= 0.6 is 0 Å². The fraction of sp³-hybridized carbons (Fsp3) is 0.467. The quantitative estimate of drug-likeness (QED) is 0.404. The minimum atomic E-state index is -1.34. The van der Waals surface area contributed by atoms with Crippen LogP contribution in [0.2, 0.25) is 0 Å². The average molecular weight is 295 g/mol. The van der Waals surface area contributed by atoms with Gasteiger partial charge in [0, 0.05) is 6.54 Å². The van der Waals surface area contributed by atoms with Gasteiger partial charge in [0.05, 0.1) is 12.6 Å². The maximum absolute atomic E-state index is 9.96. The molecule has 0 spiro atoms. The number of aliphatic hydroxyl groups excluding tert-OH is 4. The van der Waals surface area contributed by atoms with Crippen LogP contribution in [0.4, 0.5) is 0 Å². The van der Waals surface area contributed by atoms with Gasteiger partial charge in [-0.3, -0.25) is 0 Å². The second-order valence-electron chi connectivity index (χ2n) is 5.35. The van der Waals surface area contributed by atoms with Crippen LogP contribution in [0.1, 0.15) is 11.1 Å². The van der Waals surface area contributed by atoms with Gasteiger partial charge in [-0.1, -0.05) is 18.2 Å².